The maximum Gasteiger partial charge on any atom is 0.123 e. The number of hydrogen-bond acceptors (Lipinski definition) is 1. The average molecular weight is 154 g/mol. The molecule has 64 valence electrons. The zero-order chi connectivity index (χ0) is 8.85. The Hall–Kier alpha value is -0.550. The van der Waals surface area contributed by atoms with Crippen LogP contribution < -0.4 is 0 Å². The predicted octanol–water partition coefficient (Wildman–Crippen LogP) is 2.84. The molecule has 0 saturated carbocycles. The van der Waals surface area contributed by atoms with E-state index in [2.05, 4.69) is 27.7 Å². The first-order valence-electron chi connectivity index (χ1n) is 4.29. The van der Waals surface area contributed by atoms with Gasteiger partial charge in [0.1, 0.15) is 5.94 Å². The van der Waals surface area contributed by atoms with Gasteiger partial charge in [-0.25, -0.2) is 4.79 Å². The molecule has 1 nitrogen and oxygen atoms in total. The van der Waals surface area contributed by atoms with Gasteiger partial charge in [-0.05, 0) is 24.7 Å². The minimum Gasteiger partial charge on any atom is -0.234 e. The van der Waals surface area contributed by atoms with Crippen LogP contribution in [0.15, 0.2) is 5.57 Å². The van der Waals surface area contributed by atoms with Crippen molar-refractivity contribution in [3.8, 4) is 0 Å². The van der Waals surface area contributed by atoms with E-state index in [1.165, 1.54) is 0 Å². The molecule has 0 fully saturated rings. The summed E-state index contributed by atoms with van der Waals surface area (Å²) in [5.41, 5.74) is 0.940. The average Bonchev–Trinajstić information content (AvgIpc) is 1.84. The molecule has 1 heteroatoms. The van der Waals surface area contributed by atoms with Crippen molar-refractivity contribution < 1.29 is 4.79 Å². The van der Waals surface area contributed by atoms with Crippen LogP contribution in [0.25, 0.3) is 0 Å². The quantitative estimate of drug-likeness (QED) is 0.569. The van der Waals surface area contributed by atoms with Crippen LogP contribution in [0.1, 0.15) is 40.5 Å². The van der Waals surface area contributed by atoms with E-state index in [1.807, 2.05) is 5.94 Å². The molecule has 0 unspecified atom stereocenters. The van der Waals surface area contributed by atoms with Crippen molar-refractivity contribution in [2.24, 2.45) is 11.8 Å². The fraction of sp³-hybridized carbons (Fsp3) is 0.800. The third kappa shape index (κ3) is 5.87. The van der Waals surface area contributed by atoms with Crippen molar-refractivity contribution in [2.75, 3.05) is 0 Å². The van der Waals surface area contributed by atoms with Gasteiger partial charge in [-0.15, -0.1) is 0 Å². The van der Waals surface area contributed by atoms with E-state index in [0.29, 0.717) is 11.8 Å². The molecule has 0 radical (unpaired) electrons. The third-order valence-electron chi connectivity index (χ3n) is 1.45. The number of rotatable bonds is 4. The molecule has 0 aliphatic carbocycles. The highest BCUT2D eigenvalue weighted by Crippen LogP contribution is 2.15. The minimum atomic E-state index is 0.574. The van der Waals surface area contributed by atoms with Crippen molar-refractivity contribution >= 4 is 5.94 Å². The van der Waals surface area contributed by atoms with Gasteiger partial charge in [0.2, 0.25) is 0 Å². The molecular formula is C10H18O. The van der Waals surface area contributed by atoms with E-state index in [-0.39, 0.29) is 0 Å². The van der Waals surface area contributed by atoms with Crippen molar-refractivity contribution in [1.29, 1.82) is 0 Å². The molecule has 0 aliphatic rings. The summed E-state index contributed by atoms with van der Waals surface area (Å²) in [6, 6.07) is 0. The van der Waals surface area contributed by atoms with E-state index in [9.17, 15) is 4.79 Å². The van der Waals surface area contributed by atoms with Gasteiger partial charge in [-0.3, -0.25) is 0 Å². The molecule has 0 rings (SSSR count). The first-order chi connectivity index (χ1) is 5.06. The summed E-state index contributed by atoms with van der Waals surface area (Å²) in [5, 5.41) is 0. The van der Waals surface area contributed by atoms with Crippen molar-refractivity contribution in [2.45, 2.75) is 40.5 Å². The first-order valence-corrected chi connectivity index (χ1v) is 4.29. The van der Waals surface area contributed by atoms with E-state index >= 15 is 0 Å². The predicted molar refractivity (Wildman–Crippen MR) is 48.1 cm³/mol. The minimum absolute atomic E-state index is 0.574. The standard InChI is InChI=1S/C10H18O/c1-8(2)5-10(7-11)6-9(3)4/h8-9H,5-6H2,1-4H3. The number of carbonyl (C=O) groups excluding carboxylic acids is 1. The Morgan fingerprint density at radius 3 is 1.64 bits per heavy atom. The lowest BCUT2D eigenvalue weighted by Crippen LogP contribution is -1.97. The molecule has 0 saturated heterocycles. The maximum atomic E-state index is 10.4. The molecule has 0 N–H and O–H groups in total. The lowest BCUT2D eigenvalue weighted by Gasteiger charge is -2.07. The summed E-state index contributed by atoms with van der Waals surface area (Å²) in [6.45, 7) is 8.49. The van der Waals surface area contributed by atoms with Gasteiger partial charge in [0, 0.05) is 5.57 Å². The second kappa shape index (κ2) is 5.15. The number of hydrogen-bond donors (Lipinski definition) is 0. The van der Waals surface area contributed by atoms with Gasteiger partial charge in [-0.1, -0.05) is 27.7 Å². The highest BCUT2D eigenvalue weighted by Gasteiger charge is 2.04. The highest BCUT2D eigenvalue weighted by atomic mass is 16.1. The fourth-order valence-corrected chi connectivity index (χ4v) is 1.15. The molecule has 0 amide bonds. The summed E-state index contributed by atoms with van der Waals surface area (Å²) in [5.74, 6) is 3.18. The lowest BCUT2D eigenvalue weighted by molar-refractivity contribution is 0.543. The van der Waals surface area contributed by atoms with E-state index in [1.54, 1.807) is 0 Å². The Morgan fingerprint density at radius 2 is 1.45 bits per heavy atom. The van der Waals surface area contributed by atoms with Gasteiger partial charge in [0.25, 0.3) is 0 Å². The third-order valence-corrected chi connectivity index (χ3v) is 1.45. The zero-order valence-corrected chi connectivity index (χ0v) is 7.98. The van der Waals surface area contributed by atoms with Crippen molar-refractivity contribution in [3.63, 3.8) is 0 Å². The van der Waals surface area contributed by atoms with Gasteiger partial charge < -0.3 is 0 Å². The summed E-state index contributed by atoms with van der Waals surface area (Å²) in [6.07, 6.45) is 1.81. The molecule has 0 spiro atoms. The highest BCUT2D eigenvalue weighted by molar-refractivity contribution is 5.52. The van der Waals surface area contributed by atoms with Gasteiger partial charge in [-0.2, -0.15) is 0 Å². The lowest BCUT2D eigenvalue weighted by atomic mass is 9.96. The first kappa shape index (κ1) is 10.4. The molecule has 0 atom stereocenters. The fourth-order valence-electron chi connectivity index (χ4n) is 1.15. The second-order valence-corrected chi connectivity index (χ2v) is 3.90. The van der Waals surface area contributed by atoms with Crippen LogP contribution in [0.5, 0.6) is 0 Å². The number of allylic oxidation sites excluding steroid dienone is 1. The van der Waals surface area contributed by atoms with Crippen LogP contribution in [-0.4, -0.2) is 5.94 Å². The smallest absolute Gasteiger partial charge is 0.123 e. The second-order valence-electron chi connectivity index (χ2n) is 3.90. The molecule has 11 heavy (non-hydrogen) atoms. The van der Waals surface area contributed by atoms with Crippen molar-refractivity contribution in [1.82, 2.24) is 0 Å². The van der Waals surface area contributed by atoms with Gasteiger partial charge >= 0.3 is 0 Å². The monoisotopic (exact) mass is 154 g/mol. The topological polar surface area (TPSA) is 17.1 Å². The molecule has 0 aromatic heterocycles. The van der Waals surface area contributed by atoms with Crippen LogP contribution >= 0.6 is 0 Å². The molecule has 0 aliphatic heterocycles. The van der Waals surface area contributed by atoms with Crippen LogP contribution in [0.2, 0.25) is 0 Å². The summed E-state index contributed by atoms with van der Waals surface area (Å²) in [7, 11) is 0. The van der Waals surface area contributed by atoms with Crippen LogP contribution in [0.3, 0.4) is 0 Å². The van der Waals surface area contributed by atoms with Crippen LogP contribution in [0, 0.1) is 11.8 Å². The van der Waals surface area contributed by atoms with E-state index < -0.39 is 0 Å². The summed E-state index contributed by atoms with van der Waals surface area (Å²) in [4.78, 5) is 10.4. The summed E-state index contributed by atoms with van der Waals surface area (Å²) < 4.78 is 0. The van der Waals surface area contributed by atoms with Crippen LogP contribution in [-0.2, 0) is 4.79 Å². The normalized spacial score (nSPS) is 10.4. The molecular weight excluding hydrogens is 136 g/mol. The molecule has 0 bridgehead atoms. The molecule has 0 heterocycles. The molecule has 0 aromatic carbocycles. The largest absolute Gasteiger partial charge is 0.234 e. The van der Waals surface area contributed by atoms with Gasteiger partial charge in [0.05, 0.1) is 0 Å². The Bertz CT molecular complexity index is 138. The van der Waals surface area contributed by atoms with E-state index in [4.69, 9.17) is 0 Å². The SMILES string of the molecule is CC(C)CC(=C=O)CC(C)C. The Balaban J connectivity index is 3.89. The van der Waals surface area contributed by atoms with Gasteiger partial charge in [0.15, 0.2) is 0 Å². The molecule has 0 aromatic rings. The van der Waals surface area contributed by atoms with Crippen LogP contribution in [0.4, 0.5) is 0 Å². The Labute approximate surface area is 69.5 Å². The van der Waals surface area contributed by atoms with E-state index in [0.717, 1.165) is 18.4 Å². The Kier molecular flexibility index (Phi) is 4.89. The van der Waals surface area contributed by atoms with Crippen molar-refractivity contribution in [3.05, 3.63) is 5.57 Å². The summed E-state index contributed by atoms with van der Waals surface area (Å²) >= 11 is 0. The Morgan fingerprint density at radius 1 is 1.09 bits per heavy atom. The maximum absolute atomic E-state index is 10.4. The zero-order valence-electron chi connectivity index (χ0n) is 7.98.